The number of esters is 1. The zero-order chi connectivity index (χ0) is 14.7. The molecule has 0 aliphatic carbocycles. The van der Waals surface area contributed by atoms with Crippen molar-refractivity contribution < 1.29 is 33.7 Å². The van der Waals surface area contributed by atoms with E-state index >= 15 is 0 Å². The van der Waals surface area contributed by atoms with Gasteiger partial charge in [0.15, 0.2) is 5.78 Å². The summed E-state index contributed by atoms with van der Waals surface area (Å²) in [6, 6.07) is 0. The molecule has 0 aliphatic rings. The van der Waals surface area contributed by atoms with Crippen molar-refractivity contribution in [1.82, 2.24) is 0 Å². The summed E-state index contributed by atoms with van der Waals surface area (Å²) in [6.07, 6.45) is -0.0672. The number of aliphatic hydroxyl groups is 1. The summed E-state index contributed by atoms with van der Waals surface area (Å²) in [5, 5.41) is 8.46. The number of aliphatic hydroxyl groups excluding tert-OH is 1. The molecule has 7 heteroatoms. The Balaban J connectivity index is 3.95. The molecule has 0 aromatic carbocycles. The van der Waals surface area contributed by atoms with Crippen LogP contribution in [0.25, 0.3) is 0 Å². The average molecular weight is 276 g/mol. The maximum Gasteiger partial charge on any atom is 0.306 e. The number of rotatable bonds is 11. The van der Waals surface area contributed by atoms with Gasteiger partial charge >= 0.3 is 5.97 Å². The van der Waals surface area contributed by atoms with Crippen LogP contribution in [0.5, 0.6) is 0 Å². The molecule has 0 fully saturated rings. The van der Waals surface area contributed by atoms with Crippen molar-refractivity contribution in [2.45, 2.75) is 32.3 Å². The molecule has 0 unspecified atom stereocenters. The third-order valence-corrected chi connectivity index (χ3v) is 2.31. The van der Waals surface area contributed by atoms with Crippen molar-refractivity contribution in [3.8, 4) is 0 Å². The Kier molecular flexibility index (Phi) is 8.73. The van der Waals surface area contributed by atoms with Crippen molar-refractivity contribution in [2.75, 3.05) is 26.4 Å². The summed E-state index contributed by atoms with van der Waals surface area (Å²) in [4.78, 5) is 32.9. The van der Waals surface area contributed by atoms with Gasteiger partial charge in [-0.15, -0.1) is 0 Å². The molecule has 0 saturated carbocycles. The normalized spacial score (nSPS) is 10.9. The summed E-state index contributed by atoms with van der Waals surface area (Å²) < 4.78 is 14.3. The lowest BCUT2D eigenvalue weighted by molar-refractivity contribution is -0.150. The van der Waals surface area contributed by atoms with Gasteiger partial charge in [0, 0.05) is 6.42 Å². The molecule has 0 aromatic heterocycles. The van der Waals surface area contributed by atoms with Gasteiger partial charge in [0.1, 0.15) is 18.8 Å². The van der Waals surface area contributed by atoms with Crippen LogP contribution < -0.4 is 0 Å². The fraction of sp³-hybridized carbons (Fsp3) is 0.750. The summed E-state index contributed by atoms with van der Waals surface area (Å²) in [5.41, 5.74) is -1.05. The van der Waals surface area contributed by atoms with E-state index in [2.05, 4.69) is 9.47 Å². The quantitative estimate of drug-likeness (QED) is 0.318. The summed E-state index contributed by atoms with van der Waals surface area (Å²) >= 11 is 0. The second-order valence-corrected chi connectivity index (χ2v) is 4.19. The number of carbonyl (C=O) groups excluding carboxylic acids is 3. The van der Waals surface area contributed by atoms with Gasteiger partial charge in [-0.3, -0.25) is 14.4 Å². The molecule has 0 aliphatic heterocycles. The maximum absolute atomic E-state index is 11.8. The maximum atomic E-state index is 11.8. The lowest BCUT2D eigenvalue weighted by Crippen LogP contribution is -2.36. The van der Waals surface area contributed by atoms with Crippen LogP contribution in [0.2, 0.25) is 0 Å². The number of hydrogen-bond donors (Lipinski definition) is 1. The SMILES string of the molecule is CC(C)(OCCOC=O)C(=O)CCC(=O)OCCO. The molecule has 0 radical (unpaired) electrons. The summed E-state index contributed by atoms with van der Waals surface area (Å²) in [7, 11) is 0. The molecule has 110 valence electrons. The predicted octanol–water partition coefficient (Wildman–Crippen LogP) is -0.161. The van der Waals surface area contributed by atoms with E-state index < -0.39 is 11.6 Å². The Morgan fingerprint density at radius 1 is 1.16 bits per heavy atom. The first-order valence-corrected chi connectivity index (χ1v) is 5.93. The van der Waals surface area contributed by atoms with Crippen molar-refractivity contribution in [3.63, 3.8) is 0 Å². The van der Waals surface area contributed by atoms with Gasteiger partial charge in [-0.25, -0.2) is 0 Å². The first kappa shape index (κ1) is 17.5. The third kappa shape index (κ3) is 8.28. The zero-order valence-corrected chi connectivity index (χ0v) is 11.2. The molecule has 0 saturated heterocycles. The first-order chi connectivity index (χ1) is 8.94. The Bertz CT molecular complexity index is 298. The summed E-state index contributed by atoms with van der Waals surface area (Å²) in [6.45, 7) is 3.31. The van der Waals surface area contributed by atoms with Crippen molar-refractivity contribution in [3.05, 3.63) is 0 Å². The topological polar surface area (TPSA) is 99.1 Å². The molecule has 0 spiro atoms. The van der Waals surface area contributed by atoms with Crippen LogP contribution in [-0.4, -0.2) is 55.4 Å². The Morgan fingerprint density at radius 2 is 1.84 bits per heavy atom. The highest BCUT2D eigenvalue weighted by atomic mass is 16.6. The van der Waals surface area contributed by atoms with Gasteiger partial charge in [0.25, 0.3) is 6.47 Å². The standard InChI is InChI=1S/C12H20O7/c1-12(2,19-8-7-17-9-14)10(15)3-4-11(16)18-6-5-13/h9,13H,3-8H2,1-2H3. The first-order valence-electron chi connectivity index (χ1n) is 5.93. The number of ketones is 1. The highest BCUT2D eigenvalue weighted by Crippen LogP contribution is 2.14. The van der Waals surface area contributed by atoms with Gasteiger partial charge in [-0.1, -0.05) is 0 Å². The average Bonchev–Trinajstić information content (AvgIpc) is 2.38. The fourth-order valence-corrected chi connectivity index (χ4v) is 1.22. The molecular weight excluding hydrogens is 256 g/mol. The molecular formula is C12H20O7. The Hall–Kier alpha value is -1.47. The van der Waals surface area contributed by atoms with E-state index in [1.54, 1.807) is 13.8 Å². The molecule has 0 atom stereocenters. The van der Waals surface area contributed by atoms with Crippen LogP contribution in [0.3, 0.4) is 0 Å². The van der Waals surface area contributed by atoms with Gasteiger partial charge in [-0.2, -0.15) is 0 Å². The third-order valence-electron chi connectivity index (χ3n) is 2.31. The molecule has 0 heterocycles. The number of ether oxygens (including phenoxy) is 3. The highest BCUT2D eigenvalue weighted by molar-refractivity contribution is 5.89. The largest absolute Gasteiger partial charge is 0.465 e. The number of hydrogen-bond acceptors (Lipinski definition) is 7. The molecule has 0 aromatic rings. The Morgan fingerprint density at radius 3 is 2.42 bits per heavy atom. The second-order valence-electron chi connectivity index (χ2n) is 4.19. The molecule has 1 N–H and O–H groups in total. The van der Waals surface area contributed by atoms with Crippen LogP contribution in [0.4, 0.5) is 0 Å². The van der Waals surface area contributed by atoms with E-state index in [9.17, 15) is 14.4 Å². The van der Waals surface area contributed by atoms with Crippen molar-refractivity contribution in [2.24, 2.45) is 0 Å². The molecule has 0 amide bonds. The van der Waals surface area contributed by atoms with Crippen LogP contribution in [0.1, 0.15) is 26.7 Å². The smallest absolute Gasteiger partial charge is 0.306 e. The summed E-state index contributed by atoms with van der Waals surface area (Å²) in [5.74, 6) is -0.790. The molecule has 7 nitrogen and oxygen atoms in total. The molecule has 19 heavy (non-hydrogen) atoms. The zero-order valence-electron chi connectivity index (χ0n) is 11.2. The molecule has 0 bridgehead atoms. The van der Waals surface area contributed by atoms with Crippen LogP contribution >= 0.6 is 0 Å². The predicted molar refractivity (Wildman–Crippen MR) is 64.3 cm³/mol. The lowest BCUT2D eigenvalue weighted by atomic mass is 9.99. The van der Waals surface area contributed by atoms with Crippen LogP contribution in [-0.2, 0) is 28.6 Å². The highest BCUT2D eigenvalue weighted by Gasteiger charge is 2.28. The Labute approximate surface area is 111 Å². The van der Waals surface area contributed by atoms with E-state index in [0.717, 1.165) is 0 Å². The van der Waals surface area contributed by atoms with Gasteiger partial charge < -0.3 is 19.3 Å². The van der Waals surface area contributed by atoms with E-state index in [1.807, 2.05) is 0 Å². The van der Waals surface area contributed by atoms with Crippen LogP contribution in [0.15, 0.2) is 0 Å². The van der Waals surface area contributed by atoms with Crippen molar-refractivity contribution >= 4 is 18.2 Å². The second kappa shape index (κ2) is 9.46. The van der Waals surface area contributed by atoms with Gasteiger partial charge in [-0.05, 0) is 13.8 Å². The van der Waals surface area contributed by atoms with Gasteiger partial charge in [0.05, 0.1) is 19.6 Å². The van der Waals surface area contributed by atoms with E-state index in [-0.39, 0.29) is 45.1 Å². The fourth-order valence-electron chi connectivity index (χ4n) is 1.22. The van der Waals surface area contributed by atoms with Gasteiger partial charge in [0.2, 0.25) is 0 Å². The monoisotopic (exact) mass is 276 g/mol. The van der Waals surface area contributed by atoms with E-state index in [1.165, 1.54) is 0 Å². The van der Waals surface area contributed by atoms with Crippen LogP contribution in [0, 0.1) is 0 Å². The number of carbonyl (C=O) groups is 3. The molecule has 0 rings (SSSR count). The minimum absolute atomic E-state index is 0.00814. The minimum atomic E-state index is -1.05. The number of Topliss-reactive ketones (excluding diaryl/α,β-unsaturated/α-hetero) is 1. The minimum Gasteiger partial charge on any atom is -0.465 e. The lowest BCUT2D eigenvalue weighted by Gasteiger charge is -2.23. The van der Waals surface area contributed by atoms with E-state index in [4.69, 9.17) is 9.84 Å². The van der Waals surface area contributed by atoms with E-state index in [0.29, 0.717) is 6.47 Å². The van der Waals surface area contributed by atoms with Crippen molar-refractivity contribution in [1.29, 1.82) is 0 Å².